The van der Waals surface area contributed by atoms with Gasteiger partial charge in [-0.25, -0.2) is 0 Å². The van der Waals surface area contributed by atoms with Gasteiger partial charge in [0.1, 0.15) is 0 Å². The van der Waals surface area contributed by atoms with Crippen molar-refractivity contribution in [2.45, 2.75) is 71.6 Å². The van der Waals surface area contributed by atoms with Gasteiger partial charge in [0, 0.05) is 37.8 Å². The summed E-state index contributed by atoms with van der Waals surface area (Å²) >= 11 is 0. The van der Waals surface area contributed by atoms with Crippen LogP contribution in [0.5, 0.6) is 0 Å². The molecule has 3 rings (SSSR count). The van der Waals surface area contributed by atoms with Gasteiger partial charge >= 0.3 is 0 Å². The van der Waals surface area contributed by atoms with E-state index in [1.807, 2.05) is 26.0 Å². The first kappa shape index (κ1) is 22.0. The third kappa shape index (κ3) is 6.38. The number of amides is 2. The van der Waals surface area contributed by atoms with Crippen molar-refractivity contribution in [3.63, 3.8) is 0 Å². The van der Waals surface area contributed by atoms with Crippen molar-refractivity contribution in [3.8, 4) is 0 Å². The number of aromatic nitrogens is 3. The Bertz CT molecular complexity index is 846. The van der Waals surface area contributed by atoms with Gasteiger partial charge < -0.3 is 10.6 Å². The Balaban J connectivity index is 1.55. The van der Waals surface area contributed by atoms with Gasteiger partial charge in [-0.05, 0) is 57.4 Å². The molecule has 1 atom stereocenters. The number of hydrogen-bond donors (Lipinski definition) is 2. The third-order valence-electron chi connectivity index (χ3n) is 5.29. The Morgan fingerprint density at radius 3 is 2.67 bits per heavy atom. The van der Waals surface area contributed by atoms with Crippen LogP contribution in [-0.2, 0) is 17.9 Å². The molecule has 1 aromatic heterocycles. The van der Waals surface area contributed by atoms with E-state index in [1.54, 1.807) is 10.9 Å². The maximum atomic E-state index is 12.1. The molecule has 1 saturated heterocycles. The van der Waals surface area contributed by atoms with Gasteiger partial charge in [-0.3, -0.25) is 19.2 Å². The highest BCUT2D eigenvalue weighted by molar-refractivity contribution is 5.92. The summed E-state index contributed by atoms with van der Waals surface area (Å²) in [5.41, 5.74) is 2.43. The minimum atomic E-state index is -0.182. The van der Waals surface area contributed by atoms with Crippen LogP contribution in [0.2, 0.25) is 0 Å². The second kappa shape index (κ2) is 10.3. The number of anilines is 1. The number of likely N-dealkylation sites (tertiary alicyclic amines) is 1. The standard InChI is InChI=1S/C22H32N6O2/c1-16(2)23-22(30)21-15-28(26-25-21)13-11-20-6-4-5-12-27(20)14-18-7-9-19(10-8-18)24-17(3)29/h7-10,15-16,20H,4-6,11-14H2,1-3H3,(H,23,30)(H,24,29)/t20-/m1/s1. The fourth-order valence-electron chi connectivity index (χ4n) is 3.86. The smallest absolute Gasteiger partial charge is 0.273 e. The second-order valence-corrected chi connectivity index (χ2v) is 8.28. The van der Waals surface area contributed by atoms with Crippen molar-refractivity contribution in [2.24, 2.45) is 0 Å². The number of nitrogens with one attached hydrogen (secondary N) is 2. The Kier molecular flexibility index (Phi) is 7.57. The molecule has 8 heteroatoms. The van der Waals surface area contributed by atoms with Crippen LogP contribution in [0, 0.1) is 0 Å². The number of carbonyl (C=O) groups is 2. The van der Waals surface area contributed by atoms with Gasteiger partial charge in [0.2, 0.25) is 5.91 Å². The van der Waals surface area contributed by atoms with E-state index in [4.69, 9.17) is 0 Å². The van der Waals surface area contributed by atoms with Gasteiger partial charge in [-0.15, -0.1) is 5.10 Å². The molecule has 2 heterocycles. The molecular formula is C22H32N6O2. The summed E-state index contributed by atoms with van der Waals surface area (Å²) in [4.78, 5) is 25.8. The number of nitrogens with zero attached hydrogens (tertiary/aromatic N) is 4. The van der Waals surface area contributed by atoms with Crippen LogP contribution in [0.4, 0.5) is 5.69 Å². The first-order chi connectivity index (χ1) is 14.4. The average molecular weight is 413 g/mol. The zero-order chi connectivity index (χ0) is 21.5. The van der Waals surface area contributed by atoms with Crippen molar-refractivity contribution in [1.29, 1.82) is 0 Å². The quantitative estimate of drug-likeness (QED) is 0.696. The van der Waals surface area contributed by atoms with E-state index < -0.39 is 0 Å². The fourth-order valence-corrected chi connectivity index (χ4v) is 3.86. The van der Waals surface area contributed by atoms with Gasteiger partial charge in [0.25, 0.3) is 5.91 Å². The number of rotatable bonds is 8. The number of carbonyl (C=O) groups excluding carboxylic acids is 2. The molecule has 0 bridgehead atoms. The molecule has 0 aliphatic carbocycles. The van der Waals surface area contributed by atoms with Gasteiger partial charge in [-0.2, -0.15) is 0 Å². The summed E-state index contributed by atoms with van der Waals surface area (Å²) < 4.78 is 1.77. The molecule has 0 spiro atoms. The lowest BCUT2D eigenvalue weighted by molar-refractivity contribution is -0.114. The Morgan fingerprint density at radius 1 is 1.20 bits per heavy atom. The summed E-state index contributed by atoms with van der Waals surface area (Å²) in [7, 11) is 0. The summed E-state index contributed by atoms with van der Waals surface area (Å²) in [5.74, 6) is -0.241. The minimum Gasteiger partial charge on any atom is -0.348 e. The molecule has 2 N–H and O–H groups in total. The lowest BCUT2D eigenvalue weighted by Gasteiger charge is -2.36. The highest BCUT2D eigenvalue weighted by atomic mass is 16.2. The summed E-state index contributed by atoms with van der Waals surface area (Å²) in [5, 5.41) is 13.8. The van der Waals surface area contributed by atoms with Crippen molar-refractivity contribution >= 4 is 17.5 Å². The van der Waals surface area contributed by atoms with Crippen LogP contribution in [0.25, 0.3) is 0 Å². The van der Waals surface area contributed by atoms with E-state index in [9.17, 15) is 9.59 Å². The topological polar surface area (TPSA) is 92.2 Å². The van der Waals surface area contributed by atoms with E-state index in [1.165, 1.54) is 31.7 Å². The number of aryl methyl sites for hydroxylation is 1. The van der Waals surface area contributed by atoms with Crippen LogP contribution >= 0.6 is 0 Å². The number of piperidine rings is 1. The zero-order valence-electron chi connectivity index (χ0n) is 18.1. The van der Waals surface area contributed by atoms with Crippen molar-refractivity contribution in [1.82, 2.24) is 25.2 Å². The Hall–Kier alpha value is -2.74. The summed E-state index contributed by atoms with van der Waals surface area (Å²) in [6.45, 7) is 8.08. The predicted molar refractivity (Wildman–Crippen MR) is 116 cm³/mol. The largest absolute Gasteiger partial charge is 0.348 e. The predicted octanol–water partition coefficient (Wildman–Crippen LogP) is 2.82. The van der Waals surface area contributed by atoms with E-state index in [0.29, 0.717) is 11.7 Å². The van der Waals surface area contributed by atoms with Crippen molar-refractivity contribution in [3.05, 3.63) is 41.7 Å². The molecule has 30 heavy (non-hydrogen) atoms. The van der Waals surface area contributed by atoms with Crippen LogP contribution in [0.15, 0.2) is 30.5 Å². The van der Waals surface area contributed by atoms with Crippen LogP contribution in [-0.4, -0.2) is 50.3 Å². The van der Waals surface area contributed by atoms with Gasteiger partial charge in [0.15, 0.2) is 5.69 Å². The Labute approximate surface area is 178 Å². The fraction of sp³-hybridized carbons (Fsp3) is 0.545. The van der Waals surface area contributed by atoms with E-state index in [2.05, 4.69) is 38.0 Å². The molecular weight excluding hydrogens is 380 g/mol. The first-order valence-electron chi connectivity index (χ1n) is 10.7. The molecule has 0 unspecified atom stereocenters. The molecule has 1 aliphatic rings. The van der Waals surface area contributed by atoms with E-state index in [-0.39, 0.29) is 17.9 Å². The molecule has 2 aromatic rings. The summed E-state index contributed by atoms with van der Waals surface area (Å²) in [6.07, 6.45) is 6.31. The number of benzene rings is 1. The van der Waals surface area contributed by atoms with Crippen LogP contribution < -0.4 is 10.6 Å². The number of hydrogen-bond acceptors (Lipinski definition) is 5. The molecule has 8 nitrogen and oxygen atoms in total. The van der Waals surface area contributed by atoms with E-state index >= 15 is 0 Å². The maximum absolute atomic E-state index is 12.1. The zero-order valence-corrected chi connectivity index (χ0v) is 18.1. The average Bonchev–Trinajstić information content (AvgIpc) is 3.17. The maximum Gasteiger partial charge on any atom is 0.273 e. The van der Waals surface area contributed by atoms with Crippen molar-refractivity contribution in [2.75, 3.05) is 11.9 Å². The minimum absolute atomic E-state index is 0.0585. The van der Waals surface area contributed by atoms with Crippen LogP contribution in [0.3, 0.4) is 0 Å². The third-order valence-corrected chi connectivity index (χ3v) is 5.29. The van der Waals surface area contributed by atoms with E-state index in [0.717, 1.165) is 31.7 Å². The lowest BCUT2D eigenvalue weighted by atomic mass is 9.98. The van der Waals surface area contributed by atoms with Gasteiger partial charge in [-0.1, -0.05) is 23.8 Å². The molecule has 2 amide bonds. The summed E-state index contributed by atoms with van der Waals surface area (Å²) in [6, 6.07) is 8.61. The monoisotopic (exact) mass is 412 g/mol. The molecule has 0 saturated carbocycles. The second-order valence-electron chi connectivity index (χ2n) is 8.28. The first-order valence-corrected chi connectivity index (χ1v) is 10.7. The lowest BCUT2D eigenvalue weighted by Crippen LogP contribution is -2.39. The normalized spacial score (nSPS) is 17.1. The van der Waals surface area contributed by atoms with Gasteiger partial charge in [0.05, 0.1) is 6.20 Å². The highest BCUT2D eigenvalue weighted by Crippen LogP contribution is 2.23. The molecule has 162 valence electrons. The molecule has 1 aliphatic heterocycles. The van der Waals surface area contributed by atoms with Crippen LogP contribution in [0.1, 0.15) is 62.5 Å². The Morgan fingerprint density at radius 2 is 1.97 bits per heavy atom. The highest BCUT2D eigenvalue weighted by Gasteiger charge is 2.22. The molecule has 1 fully saturated rings. The molecule has 1 aromatic carbocycles. The molecule has 0 radical (unpaired) electrons. The van der Waals surface area contributed by atoms with Crippen molar-refractivity contribution < 1.29 is 9.59 Å². The SMILES string of the molecule is CC(=O)Nc1ccc(CN2CCCC[C@@H]2CCn2cc(C(=O)NC(C)C)nn2)cc1.